The predicted molar refractivity (Wildman–Crippen MR) is 114 cm³/mol. The first-order valence-electron chi connectivity index (χ1n) is 9.88. The Morgan fingerprint density at radius 1 is 1.04 bits per heavy atom. The summed E-state index contributed by atoms with van der Waals surface area (Å²) in [6.07, 6.45) is 8.84. The van der Waals surface area contributed by atoms with Crippen molar-refractivity contribution in [2.75, 3.05) is 11.9 Å². The van der Waals surface area contributed by atoms with E-state index in [-0.39, 0.29) is 0 Å². The van der Waals surface area contributed by atoms with Gasteiger partial charge in [-0.15, -0.1) is 0 Å². The highest BCUT2D eigenvalue weighted by molar-refractivity contribution is 7.22. The lowest BCUT2D eigenvalue weighted by Gasteiger charge is -2.21. The smallest absolute Gasteiger partial charge is 0.183 e. The molecule has 0 spiro atoms. The van der Waals surface area contributed by atoms with Crippen molar-refractivity contribution < 1.29 is 0 Å². The van der Waals surface area contributed by atoms with Gasteiger partial charge >= 0.3 is 0 Å². The van der Waals surface area contributed by atoms with E-state index in [1.807, 2.05) is 12.4 Å². The minimum Gasteiger partial charge on any atom is -0.361 e. The van der Waals surface area contributed by atoms with Crippen LogP contribution in [0.5, 0.6) is 0 Å². The molecule has 0 unspecified atom stereocenters. The average molecular weight is 377 g/mol. The van der Waals surface area contributed by atoms with Crippen LogP contribution in [0.1, 0.15) is 37.7 Å². The van der Waals surface area contributed by atoms with E-state index in [9.17, 15) is 0 Å². The van der Waals surface area contributed by atoms with E-state index in [0.29, 0.717) is 0 Å². The molecule has 1 fully saturated rings. The van der Waals surface area contributed by atoms with Crippen molar-refractivity contribution >= 4 is 37.7 Å². The third kappa shape index (κ3) is 3.56. The average Bonchev–Trinajstić information content (AvgIpc) is 3.31. The maximum Gasteiger partial charge on any atom is 0.183 e. The largest absolute Gasteiger partial charge is 0.361 e. The molecule has 2 aromatic carbocycles. The molecule has 0 radical (unpaired) electrons. The number of hydrogen-bond donors (Lipinski definition) is 1. The molecule has 5 rings (SSSR count). The fourth-order valence-corrected chi connectivity index (χ4v) is 5.04. The first-order valence-corrected chi connectivity index (χ1v) is 10.7. The van der Waals surface area contributed by atoms with Gasteiger partial charge in [0.2, 0.25) is 0 Å². The zero-order chi connectivity index (χ0) is 18.1. The van der Waals surface area contributed by atoms with Gasteiger partial charge in [0.25, 0.3) is 0 Å². The summed E-state index contributed by atoms with van der Waals surface area (Å²) in [5.74, 6) is 0.816. The molecule has 2 heterocycles. The Labute approximate surface area is 163 Å². The lowest BCUT2D eigenvalue weighted by Crippen LogP contribution is -2.16. The van der Waals surface area contributed by atoms with Crippen LogP contribution in [0.15, 0.2) is 48.8 Å². The number of anilines is 1. The first kappa shape index (κ1) is 16.8. The number of fused-ring (bicyclic) bond motifs is 2. The van der Waals surface area contributed by atoms with E-state index in [4.69, 9.17) is 4.98 Å². The molecule has 0 amide bonds. The zero-order valence-electron chi connectivity index (χ0n) is 15.4. The second kappa shape index (κ2) is 7.31. The van der Waals surface area contributed by atoms with E-state index in [1.165, 1.54) is 47.9 Å². The Bertz CT molecular complexity index is 1060. The van der Waals surface area contributed by atoms with Crippen molar-refractivity contribution in [3.63, 3.8) is 0 Å². The van der Waals surface area contributed by atoms with Gasteiger partial charge in [0, 0.05) is 13.1 Å². The van der Waals surface area contributed by atoms with Crippen LogP contribution < -0.4 is 5.32 Å². The molecular formula is C22H24N4S. The first-order chi connectivity index (χ1) is 13.3. The summed E-state index contributed by atoms with van der Waals surface area (Å²) in [6.45, 7) is 1.90. The monoisotopic (exact) mass is 376 g/mol. The molecule has 1 N–H and O–H groups in total. The summed E-state index contributed by atoms with van der Waals surface area (Å²) in [5, 5.41) is 4.64. The Balaban J connectivity index is 1.32. The van der Waals surface area contributed by atoms with Gasteiger partial charge in [-0.05, 0) is 48.6 Å². The molecular weight excluding hydrogens is 352 g/mol. The molecule has 4 nitrogen and oxygen atoms in total. The second-order valence-corrected chi connectivity index (χ2v) is 8.60. The normalized spacial score (nSPS) is 15.6. The van der Waals surface area contributed by atoms with Crippen LogP contribution in [0.3, 0.4) is 0 Å². The van der Waals surface area contributed by atoms with Crippen LogP contribution in [-0.4, -0.2) is 21.1 Å². The highest BCUT2D eigenvalue weighted by Gasteiger charge is 2.14. The Morgan fingerprint density at radius 3 is 2.85 bits per heavy atom. The number of hydrogen-bond acceptors (Lipinski definition) is 4. The third-order valence-corrected chi connectivity index (χ3v) is 6.58. The zero-order valence-corrected chi connectivity index (χ0v) is 16.2. The number of imidazole rings is 1. The topological polar surface area (TPSA) is 42.7 Å². The van der Waals surface area contributed by atoms with Gasteiger partial charge < -0.3 is 9.88 Å². The third-order valence-electron chi connectivity index (χ3n) is 5.60. The summed E-state index contributed by atoms with van der Waals surface area (Å²) < 4.78 is 3.46. The molecule has 1 saturated carbocycles. The second-order valence-electron chi connectivity index (χ2n) is 7.57. The van der Waals surface area contributed by atoms with Crippen molar-refractivity contribution in [2.24, 2.45) is 5.92 Å². The molecule has 0 aliphatic heterocycles. The molecule has 4 aromatic rings. The van der Waals surface area contributed by atoms with Crippen LogP contribution in [0.4, 0.5) is 5.13 Å². The summed E-state index contributed by atoms with van der Waals surface area (Å²) in [7, 11) is 0. The number of aromatic nitrogens is 3. The fourth-order valence-electron chi connectivity index (χ4n) is 4.10. The molecule has 2 aromatic heterocycles. The van der Waals surface area contributed by atoms with Crippen molar-refractivity contribution in [1.82, 2.24) is 14.5 Å². The maximum absolute atomic E-state index is 4.77. The molecule has 5 heteroatoms. The van der Waals surface area contributed by atoms with Crippen molar-refractivity contribution in [2.45, 2.75) is 38.6 Å². The van der Waals surface area contributed by atoms with E-state index < -0.39 is 0 Å². The van der Waals surface area contributed by atoms with Gasteiger partial charge in [-0.2, -0.15) is 0 Å². The number of benzene rings is 2. The Morgan fingerprint density at radius 2 is 1.93 bits per heavy atom. The number of para-hydroxylation sites is 2. The van der Waals surface area contributed by atoms with Crippen LogP contribution in [0, 0.1) is 5.92 Å². The van der Waals surface area contributed by atoms with E-state index in [2.05, 4.69) is 51.3 Å². The van der Waals surface area contributed by atoms with Gasteiger partial charge in [-0.25, -0.2) is 9.97 Å². The highest BCUT2D eigenvalue weighted by atomic mass is 32.1. The molecule has 138 valence electrons. The van der Waals surface area contributed by atoms with E-state index in [1.54, 1.807) is 11.3 Å². The number of thiazole rings is 1. The van der Waals surface area contributed by atoms with Crippen LogP contribution >= 0.6 is 11.3 Å². The summed E-state index contributed by atoms with van der Waals surface area (Å²) in [5.41, 5.74) is 4.60. The summed E-state index contributed by atoms with van der Waals surface area (Å²) in [4.78, 5) is 9.27. The van der Waals surface area contributed by atoms with Crippen molar-refractivity contribution in [3.05, 3.63) is 54.4 Å². The van der Waals surface area contributed by atoms with Crippen molar-refractivity contribution in [3.8, 4) is 0 Å². The summed E-state index contributed by atoms with van der Waals surface area (Å²) in [6, 6.07) is 14.9. The number of nitrogens with one attached hydrogen (secondary N) is 1. The molecule has 0 atom stereocenters. The lowest BCUT2D eigenvalue weighted by molar-refractivity contribution is 0.373. The molecule has 1 aliphatic carbocycles. The van der Waals surface area contributed by atoms with E-state index >= 15 is 0 Å². The van der Waals surface area contributed by atoms with E-state index in [0.717, 1.165) is 35.2 Å². The fraction of sp³-hybridized carbons (Fsp3) is 0.364. The maximum atomic E-state index is 4.77. The van der Waals surface area contributed by atoms with Gasteiger partial charge in [0.15, 0.2) is 5.13 Å². The molecule has 0 bridgehead atoms. The van der Waals surface area contributed by atoms with Crippen LogP contribution in [-0.2, 0) is 6.54 Å². The van der Waals surface area contributed by atoms with Gasteiger partial charge in [-0.1, -0.05) is 48.8 Å². The Hall–Kier alpha value is -2.40. The Kier molecular flexibility index (Phi) is 4.54. The van der Waals surface area contributed by atoms with Crippen LogP contribution in [0.2, 0.25) is 0 Å². The predicted octanol–water partition coefficient (Wildman–Crippen LogP) is 5.69. The minimum atomic E-state index is 0.816. The quantitative estimate of drug-likeness (QED) is 0.487. The SMILES string of the molecule is c1ccc2c(c1)ncn2Cc1ccc2nc(NCC3CCCCC3)sc2c1. The standard InChI is InChI=1S/C22H24N4S/c1-2-6-16(7-3-1)13-23-22-25-19-11-10-17(12-21(19)27-22)14-26-15-24-18-8-4-5-9-20(18)26/h4-5,8-12,15-16H,1-3,6-7,13-14H2,(H,23,25). The van der Waals surface area contributed by atoms with Crippen LogP contribution in [0.25, 0.3) is 21.3 Å². The number of nitrogens with zero attached hydrogens (tertiary/aromatic N) is 3. The van der Waals surface area contributed by atoms with Gasteiger partial charge in [-0.3, -0.25) is 0 Å². The van der Waals surface area contributed by atoms with Crippen molar-refractivity contribution in [1.29, 1.82) is 0 Å². The number of rotatable bonds is 5. The van der Waals surface area contributed by atoms with Gasteiger partial charge in [0.05, 0.1) is 27.6 Å². The highest BCUT2D eigenvalue weighted by Crippen LogP contribution is 2.29. The molecule has 1 aliphatic rings. The molecule has 27 heavy (non-hydrogen) atoms. The molecule has 0 saturated heterocycles. The lowest BCUT2D eigenvalue weighted by atomic mass is 9.89. The summed E-state index contributed by atoms with van der Waals surface area (Å²) >= 11 is 1.77. The minimum absolute atomic E-state index is 0.816. The van der Waals surface area contributed by atoms with Gasteiger partial charge in [0.1, 0.15) is 0 Å².